The molecule has 0 amide bonds. The summed E-state index contributed by atoms with van der Waals surface area (Å²) in [6, 6.07) is -6.28. The van der Waals surface area contributed by atoms with Gasteiger partial charge in [-0.15, -0.1) is 0 Å². The zero-order valence-corrected chi connectivity index (χ0v) is 26.6. The average Bonchev–Trinajstić information content (AvgIpc) is 4.02. The van der Waals surface area contributed by atoms with Crippen LogP contribution in [0.2, 0.25) is 0 Å². The molecule has 2 heteroatoms. The molecule has 52 heavy (non-hydrogen) atoms. The van der Waals surface area contributed by atoms with E-state index in [0.717, 1.165) is 15.0 Å². The Balaban J connectivity index is 1.40. The van der Waals surface area contributed by atoms with Crippen LogP contribution in [0.5, 0.6) is 0 Å². The van der Waals surface area contributed by atoms with Gasteiger partial charge in [-0.2, -0.15) is 0 Å². The Morgan fingerprint density at radius 3 is 1.87 bits per heavy atom. The molecule has 0 bridgehead atoms. The monoisotopic (exact) mass is 687 g/mol. The van der Waals surface area contributed by atoms with Crippen molar-refractivity contribution >= 4 is 60.4 Å². The van der Waals surface area contributed by atoms with E-state index in [4.69, 9.17) is 20.6 Å². The summed E-state index contributed by atoms with van der Waals surface area (Å²) in [6.45, 7) is 0. The van der Waals surface area contributed by atoms with Crippen LogP contribution in [0.3, 0.4) is 0 Å². The number of para-hydroxylation sites is 2. The molecule has 0 aliphatic heterocycles. The van der Waals surface area contributed by atoms with Crippen molar-refractivity contribution in [3.63, 3.8) is 0 Å². The van der Waals surface area contributed by atoms with E-state index in [1.807, 2.05) is 0 Å². The SMILES string of the molecule is [2H]c1c([2H])c([2H])c(-n2c3c([2H])c([2H])c([2H])c([2H])c3c3c([2H])c([2H])c4c([2H])c([2H])c(N(c5ccc(-c6ccccc6)cc5)c5c([2H])c([2H])c(-c6c([2H])c([2H])c7c([2H])c([2H])c([2H])c([2H])c7c6[2H])c([2H])c5[2H])c([2H])c4c32)c([2H])c1[2H]. The van der Waals surface area contributed by atoms with Crippen molar-refractivity contribution in [2.75, 3.05) is 4.90 Å². The topological polar surface area (TPSA) is 8.17 Å². The molecular formula is C50H34N2. The number of benzene rings is 9. The molecule has 0 atom stereocenters. The lowest BCUT2D eigenvalue weighted by atomic mass is 10.0. The molecular weight excluding hydrogens is 629 g/mol. The van der Waals surface area contributed by atoms with Crippen molar-refractivity contribution in [2.45, 2.75) is 0 Å². The van der Waals surface area contributed by atoms with Crippen LogP contribution in [0.25, 0.3) is 71.3 Å². The number of hydrogen-bond donors (Lipinski definition) is 0. The molecule has 9 aromatic carbocycles. The second kappa shape index (κ2) is 12.5. The summed E-state index contributed by atoms with van der Waals surface area (Å²) >= 11 is 0. The lowest BCUT2D eigenvalue weighted by Crippen LogP contribution is -2.10. The van der Waals surface area contributed by atoms with Crippen molar-refractivity contribution in [2.24, 2.45) is 0 Å². The molecule has 0 radical (unpaired) electrons. The first-order valence-corrected chi connectivity index (χ1v) is 15.8. The third kappa shape index (κ3) is 5.12. The quantitative estimate of drug-likeness (QED) is 0.169. The van der Waals surface area contributed by atoms with Gasteiger partial charge in [0.05, 0.1) is 45.3 Å². The third-order valence-electron chi connectivity index (χ3n) is 8.45. The number of fused-ring (bicyclic) bond motifs is 6. The van der Waals surface area contributed by atoms with Gasteiger partial charge in [-0.3, -0.25) is 0 Å². The van der Waals surface area contributed by atoms with Crippen molar-refractivity contribution < 1.29 is 34.3 Å². The number of hydrogen-bond acceptors (Lipinski definition) is 1. The van der Waals surface area contributed by atoms with Crippen LogP contribution < -0.4 is 4.90 Å². The standard InChI is InChI=1S/C50H34N2/c1-3-11-35(12-4-1)37-21-27-43(28-22-37)51(44-29-23-38(24-30-44)41-20-19-36-13-7-8-14-40(36)33-41)45-31-25-39-26-32-47-46-17-9-10-18-49(46)52(50(47)48(39)34-45)42-15-5-2-6-16-42/h1-34H/i2D,5D,6D,7D,8D,9D,10D,13D,14D,15D,16D,17D,18D,19D,20D,23D,24D,25D,26D,29D,30D,31D,32D,33D,34D. The Bertz CT molecular complexity index is 4270. The first-order valence-electron chi connectivity index (χ1n) is 28.3. The minimum atomic E-state index is -0.960. The predicted molar refractivity (Wildman–Crippen MR) is 221 cm³/mol. The van der Waals surface area contributed by atoms with E-state index in [2.05, 4.69) is 0 Å². The zero-order chi connectivity index (χ0) is 56.2. The van der Waals surface area contributed by atoms with Gasteiger partial charge >= 0.3 is 0 Å². The second-order valence-electron chi connectivity index (χ2n) is 11.5. The Morgan fingerprint density at radius 2 is 1.04 bits per heavy atom. The highest BCUT2D eigenvalue weighted by Crippen LogP contribution is 2.42. The smallest absolute Gasteiger partial charge is 0.0652 e. The summed E-state index contributed by atoms with van der Waals surface area (Å²) in [7, 11) is 0. The molecule has 2 nitrogen and oxygen atoms in total. The largest absolute Gasteiger partial charge is 0.310 e. The van der Waals surface area contributed by atoms with E-state index in [-0.39, 0.29) is 5.69 Å². The van der Waals surface area contributed by atoms with Gasteiger partial charge < -0.3 is 9.47 Å². The first kappa shape index (κ1) is 14.0. The summed E-state index contributed by atoms with van der Waals surface area (Å²) < 4.78 is 227. The summed E-state index contributed by atoms with van der Waals surface area (Å²) in [6.07, 6.45) is 0. The minimum absolute atomic E-state index is 0.0818. The minimum Gasteiger partial charge on any atom is -0.310 e. The number of rotatable bonds is 6. The molecule has 1 heterocycles. The van der Waals surface area contributed by atoms with E-state index in [1.165, 1.54) is 12.1 Å². The zero-order valence-electron chi connectivity index (χ0n) is 51.6. The molecule has 10 aromatic rings. The number of anilines is 3. The van der Waals surface area contributed by atoms with Gasteiger partial charge in [0.15, 0.2) is 0 Å². The summed E-state index contributed by atoms with van der Waals surface area (Å²) in [5.74, 6) is 0. The van der Waals surface area contributed by atoms with E-state index < -0.39 is 223 Å². The van der Waals surface area contributed by atoms with E-state index in [1.54, 1.807) is 42.5 Å². The van der Waals surface area contributed by atoms with Crippen LogP contribution >= 0.6 is 0 Å². The maximum atomic E-state index is 10.2. The number of nitrogens with zero attached hydrogens (tertiary/aromatic N) is 2. The molecule has 0 aliphatic rings. The van der Waals surface area contributed by atoms with Gasteiger partial charge in [0.1, 0.15) is 0 Å². The second-order valence-corrected chi connectivity index (χ2v) is 11.5. The normalized spacial score (nSPS) is 18.2. The molecule has 0 saturated carbocycles. The van der Waals surface area contributed by atoms with Crippen LogP contribution in [0.15, 0.2) is 206 Å². The molecule has 0 spiro atoms. The molecule has 0 aliphatic carbocycles. The molecule has 0 saturated heterocycles. The molecule has 0 fully saturated rings. The summed E-state index contributed by atoms with van der Waals surface area (Å²) in [4.78, 5) is 0.939. The van der Waals surface area contributed by atoms with Crippen LogP contribution in [-0.4, -0.2) is 4.57 Å². The van der Waals surface area contributed by atoms with Gasteiger partial charge in [0.2, 0.25) is 0 Å². The highest BCUT2D eigenvalue weighted by atomic mass is 15.1. The fourth-order valence-corrected chi connectivity index (χ4v) is 6.09. The summed E-state index contributed by atoms with van der Waals surface area (Å²) in [5.41, 5.74) is -3.37. The molecule has 244 valence electrons. The van der Waals surface area contributed by atoms with Gasteiger partial charge in [-0.25, -0.2) is 0 Å². The van der Waals surface area contributed by atoms with Crippen LogP contribution in [-0.2, 0) is 0 Å². The molecule has 1 aromatic heterocycles. The van der Waals surface area contributed by atoms with Crippen molar-refractivity contribution in [1.82, 2.24) is 4.57 Å². The fraction of sp³-hybridized carbons (Fsp3) is 0. The van der Waals surface area contributed by atoms with Crippen molar-refractivity contribution in [1.29, 1.82) is 0 Å². The lowest BCUT2D eigenvalue weighted by Gasteiger charge is -2.26. The summed E-state index contributed by atoms with van der Waals surface area (Å²) in [5, 5.41) is -3.15. The van der Waals surface area contributed by atoms with Gasteiger partial charge in [0.25, 0.3) is 0 Å². The van der Waals surface area contributed by atoms with Gasteiger partial charge in [0, 0.05) is 38.9 Å². The van der Waals surface area contributed by atoms with Gasteiger partial charge in [-0.05, 0) is 98.9 Å². The fourth-order valence-electron chi connectivity index (χ4n) is 6.09. The van der Waals surface area contributed by atoms with Crippen LogP contribution in [0.1, 0.15) is 34.3 Å². The third-order valence-corrected chi connectivity index (χ3v) is 8.45. The Morgan fingerprint density at radius 1 is 0.385 bits per heavy atom. The highest BCUT2D eigenvalue weighted by Gasteiger charge is 2.18. The van der Waals surface area contributed by atoms with Crippen molar-refractivity contribution in [3.8, 4) is 27.9 Å². The maximum Gasteiger partial charge on any atom is 0.0652 e. The van der Waals surface area contributed by atoms with E-state index in [9.17, 15) is 13.7 Å². The van der Waals surface area contributed by atoms with Crippen molar-refractivity contribution in [3.05, 3.63) is 206 Å². The maximum absolute atomic E-state index is 10.2. The first-order chi connectivity index (χ1) is 36.2. The van der Waals surface area contributed by atoms with Crippen LogP contribution in [0.4, 0.5) is 17.1 Å². The Hall–Kier alpha value is -6.90. The average molecular weight is 688 g/mol. The Labute approximate surface area is 338 Å². The molecule has 0 unspecified atom stereocenters. The van der Waals surface area contributed by atoms with Crippen LogP contribution in [0, 0.1) is 0 Å². The highest BCUT2D eigenvalue weighted by molar-refractivity contribution is 6.19. The number of aromatic nitrogens is 1. The molecule has 0 N–H and O–H groups in total. The van der Waals surface area contributed by atoms with E-state index >= 15 is 0 Å². The molecule has 10 rings (SSSR count). The Kier molecular flexibility index (Phi) is 3.36. The van der Waals surface area contributed by atoms with Gasteiger partial charge in [-0.1, -0.05) is 145 Å². The lowest BCUT2D eigenvalue weighted by molar-refractivity contribution is 1.19. The predicted octanol–water partition coefficient (Wildman–Crippen LogP) is 13.9. The van der Waals surface area contributed by atoms with E-state index in [0.29, 0.717) is 5.56 Å².